The number of amides is 2. The van der Waals surface area contributed by atoms with E-state index >= 15 is 0 Å². The van der Waals surface area contributed by atoms with Crippen LogP contribution in [0.4, 0.5) is 14.9 Å². The Morgan fingerprint density at radius 1 is 1.45 bits per heavy atom. The van der Waals surface area contributed by atoms with Crippen molar-refractivity contribution in [3.05, 3.63) is 29.6 Å². The van der Waals surface area contributed by atoms with Gasteiger partial charge in [-0.2, -0.15) is 0 Å². The van der Waals surface area contributed by atoms with Gasteiger partial charge in [-0.05, 0) is 31.5 Å². The molecule has 6 nitrogen and oxygen atoms in total. The molecule has 108 valence electrons. The highest BCUT2D eigenvalue weighted by Gasteiger charge is 2.31. The monoisotopic (exact) mass is 282 g/mol. The normalized spacial score (nSPS) is 21.5. The molecule has 1 aromatic rings. The molecule has 1 fully saturated rings. The zero-order valence-electron chi connectivity index (χ0n) is 10.9. The molecule has 7 heteroatoms. The summed E-state index contributed by atoms with van der Waals surface area (Å²) in [5.41, 5.74) is -0.736. The minimum atomic E-state index is -1.31. The second kappa shape index (κ2) is 5.46. The molecule has 1 heterocycles. The number of aromatic carboxylic acids is 1. The first-order chi connectivity index (χ1) is 9.39. The summed E-state index contributed by atoms with van der Waals surface area (Å²) >= 11 is 0. The average Bonchev–Trinajstić information content (AvgIpc) is 2.77. The van der Waals surface area contributed by atoms with Crippen molar-refractivity contribution in [2.45, 2.75) is 18.9 Å². The summed E-state index contributed by atoms with van der Waals surface area (Å²) in [6.45, 7) is 2.80. The number of carbonyl (C=O) groups excluding carboxylic acids is 1. The van der Waals surface area contributed by atoms with Crippen LogP contribution < -0.4 is 10.6 Å². The van der Waals surface area contributed by atoms with Gasteiger partial charge in [0.25, 0.3) is 0 Å². The van der Waals surface area contributed by atoms with Gasteiger partial charge in [0.05, 0.1) is 23.4 Å². The third kappa shape index (κ3) is 3.24. The van der Waals surface area contributed by atoms with Gasteiger partial charge in [-0.1, -0.05) is 0 Å². The Balaban J connectivity index is 2.09. The number of hydrogen-bond donors (Lipinski definition) is 3. The zero-order chi connectivity index (χ0) is 14.8. The van der Waals surface area contributed by atoms with E-state index in [0.717, 1.165) is 12.1 Å². The van der Waals surface area contributed by atoms with Crippen LogP contribution in [0.25, 0.3) is 0 Å². The molecule has 1 atom stereocenters. The number of rotatable bonds is 3. The molecular weight excluding hydrogens is 267 g/mol. The van der Waals surface area contributed by atoms with Crippen molar-refractivity contribution in [1.82, 2.24) is 5.32 Å². The number of ether oxygens (including phenoxy) is 1. The fourth-order valence-corrected chi connectivity index (χ4v) is 2.00. The molecule has 2 amide bonds. The third-order valence-electron chi connectivity index (χ3n) is 3.09. The van der Waals surface area contributed by atoms with E-state index in [4.69, 9.17) is 9.84 Å². The number of benzene rings is 1. The number of carboxylic acid groups (broad SMARTS) is 1. The van der Waals surface area contributed by atoms with Crippen molar-refractivity contribution in [2.75, 3.05) is 18.5 Å². The van der Waals surface area contributed by atoms with Gasteiger partial charge in [0, 0.05) is 6.61 Å². The van der Waals surface area contributed by atoms with Crippen LogP contribution in [0.1, 0.15) is 23.7 Å². The molecule has 1 unspecified atom stereocenters. The van der Waals surface area contributed by atoms with Gasteiger partial charge < -0.3 is 20.5 Å². The lowest BCUT2D eigenvalue weighted by Crippen LogP contribution is -2.48. The van der Waals surface area contributed by atoms with Crippen LogP contribution in [0.15, 0.2) is 18.2 Å². The Hall–Kier alpha value is -2.15. The maximum Gasteiger partial charge on any atom is 0.337 e. The molecule has 1 saturated heterocycles. The number of anilines is 1. The largest absolute Gasteiger partial charge is 0.478 e. The van der Waals surface area contributed by atoms with Crippen LogP contribution in [-0.4, -0.2) is 35.9 Å². The summed E-state index contributed by atoms with van der Waals surface area (Å²) in [5, 5.41) is 14.1. The summed E-state index contributed by atoms with van der Waals surface area (Å²) in [4.78, 5) is 22.9. The highest BCUT2D eigenvalue weighted by atomic mass is 19.1. The van der Waals surface area contributed by atoms with Crippen LogP contribution >= 0.6 is 0 Å². The lowest BCUT2D eigenvalue weighted by Gasteiger charge is -2.23. The standard InChI is InChI=1S/C13H15FN2O4/c1-13(4-5-20-7-13)16-12(19)15-10-3-2-8(14)6-9(10)11(17)18/h2-3,6H,4-5,7H2,1H3,(H,17,18)(H2,15,16,19). The van der Waals surface area contributed by atoms with Crippen molar-refractivity contribution in [1.29, 1.82) is 0 Å². The van der Waals surface area contributed by atoms with E-state index in [1.165, 1.54) is 6.07 Å². The van der Waals surface area contributed by atoms with Crippen molar-refractivity contribution in [3.8, 4) is 0 Å². The van der Waals surface area contributed by atoms with Crippen LogP contribution in [-0.2, 0) is 4.74 Å². The minimum absolute atomic E-state index is 0.0407. The predicted molar refractivity (Wildman–Crippen MR) is 69.4 cm³/mol. The molecule has 0 saturated carbocycles. The molecule has 0 aliphatic carbocycles. The summed E-state index contributed by atoms with van der Waals surface area (Å²) in [6, 6.07) is 2.61. The summed E-state index contributed by atoms with van der Waals surface area (Å²) in [7, 11) is 0. The van der Waals surface area contributed by atoms with Gasteiger partial charge in [-0.15, -0.1) is 0 Å². The van der Waals surface area contributed by atoms with Crippen molar-refractivity contribution in [3.63, 3.8) is 0 Å². The van der Waals surface area contributed by atoms with Crippen LogP contribution in [0.5, 0.6) is 0 Å². The van der Waals surface area contributed by atoms with Gasteiger partial charge in [0.2, 0.25) is 0 Å². The molecule has 0 spiro atoms. The Bertz CT molecular complexity index is 541. The molecule has 0 radical (unpaired) electrons. The van der Waals surface area contributed by atoms with Crippen LogP contribution in [0.3, 0.4) is 0 Å². The van der Waals surface area contributed by atoms with E-state index in [9.17, 15) is 14.0 Å². The molecule has 20 heavy (non-hydrogen) atoms. The number of nitrogens with one attached hydrogen (secondary N) is 2. The van der Waals surface area contributed by atoms with E-state index in [2.05, 4.69) is 10.6 Å². The molecule has 2 rings (SSSR count). The highest BCUT2D eigenvalue weighted by Crippen LogP contribution is 2.20. The molecule has 0 aromatic heterocycles. The molecule has 1 aliphatic rings. The topological polar surface area (TPSA) is 87.7 Å². The first-order valence-corrected chi connectivity index (χ1v) is 6.09. The molecule has 1 aliphatic heterocycles. The molecule has 0 bridgehead atoms. The van der Waals surface area contributed by atoms with Crippen molar-refractivity contribution < 1.29 is 23.8 Å². The Morgan fingerprint density at radius 2 is 2.20 bits per heavy atom. The number of hydrogen-bond acceptors (Lipinski definition) is 3. The zero-order valence-corrected chi connectivity index (χ0v) is 10.9. The summed E-state index contributed by atoms with van der Waals surface area (Å²) in [6.07, 6.45) is 0.676. The fraction of sp³-hybridized carbons (Fsp3) is 0.385. The Labute approximate surface area is 114 Å². The van der Waals surface area contributed by atoms with Gasteiger partial charge in [0.1, 0.15) is 5.82 Å². The first-order valence-electron chi connectivity index (χ1n) is 6.09. The maximum atomic E-state index is 13.0. The maximum absolute atomic E-state index is 13.0. The van der Waals surface area contributed by atoms with E-state index in [0.29, 0.717) is 19.6 Å². The quantitative estimate of drug-likeness (QED) is 0.789. The summed E-state index contributed by atoms with van der Waals surface area (Å²) < 4.78 is 18.2. The van der Waals surface area contributed by atoms with Gasteiger partial charge >= 0.3 is 12.0 Å². The number of carbonyl (C=O) groups is 2. The lowest BCUT2D eigenvalue weighted by molar-refractivity contribution is 0.0697. The second-order valence-electron chi connectivity index (χ2n) is 4.94. The SMILES string of the molecule is CC1(NC(=O)Nc2ccc(F)cc2C(=O)O)CCOC1. The molecular formula is C13H15FN2O4. The number of halogens is 1. The summed E-state index contributed by atoms with van der Waals surface area (Å²) in [5.74, 6) is -1.99. The van der Waals surface area contributed by atoms with Gasteiger partial charge in [0.15, 0.2) is 0 Å². The van der Waals surface area contributed by atoms with Crippen LogP contribution in [0, 0.1) is 5.82 Å². The van der Waals surface area contributed by atoms with Crippen molar-refractivity contribution >= 4 is 17.7 Å². The number of carboxylic acids is 1. The lowest BCUT2D eigenvalue weighted by atomic mass is 10.0. The fourth-order valence-electron chi connectivity index (χ4n) is 2.00. The average molecular weight is 282 g/mol. The van der Waals surface area contributed by atoms with Crippen LogP contribution in [0.2, 0.25) is 0 Å². The number of urea groups is 1. The minimum Gasteiger partial charge on any atom is -0.478 e. The molecule has 3 N–H and O–H groups in total. The second-order valence-corrected chi connectivity index (χ2v) is 4.94. The van der Waals surface area contributed by atoms with E-state index in [1.54, 1.807) is 0 Å². The third-order valence-corrected chi connectivity index (χ3v) is 3.09. The Morgan fingerprint density at radius 3 is 2.80 bits per heavy atom. The van der Waals surface area contributed by atoms with E-state index in [-0.39, 0.29) is 11.3 Å². The smallest absolute Gasteiger partial charge is 0.337 e. The van der Waals surface area contributed by atoms with E-state index in [1.807, 2.05) is 6.92 Å². The predicted octanol–water partition coefficient (Wildman–Crippen LogP) is 1.82. The van der Waals surface area contributed by atoms with Crippen molar-refractivity contribution in [2.24, 2.45) is 0 Å². The molecule has 1 aromatic carbocycles. The van der Waals surface area contributed by atoms with Gasteiger partial charge in [-0.25, -0.2) is 14.0 Å². The van der Waals surface area contributed by atoms with E-state index < -0.39 is 23.4 Å². The highest BCUT2D eigenvalue weighted by molar-refractivity contribution is 6.00. The first kappa shape index (κ1) is 14.3. The Kier molecular flexibility index (Phi) is 3.89. The van der Waals surface area contributed by atoms with Gasteiger partial charge in [-0.3, -0.25) is 0 Å².